The lowest BCUT2D eigenvalue weighted by Crippen LogP contribution is -2.10. The molecule has 104 valence electrons. The second-order valence-electron chi connectivity index (χ2n) is 4.08. The second kappa shape index (κ2) is 6.24. The molecule has 2 aromatic carbocycles. The van der Waals surface area contributed by atoms with Gasteiger partial charge in [0.25, 0.3) is 0 Å². The molecule has 6 heteroatoms. The van der Waals surface area contributed by atoms with Crippen molar-refractivity contribution in [3.8, 4) is 0 Å². The molecule has 2 rings (SSSR count). The molecule has 0 aliphatic heterocycles. The molecule has 0 spiro atoms. The summed E-state index contributed by atoms with van der Waals surface area (Å²) in [6.07, 6.45) is 0. The van der Waals surface area contributed by atoms with Crippen molar-refractivity contribution < 1.29 is 8.78 Å². The molecule has 0 amide bonds. The van der Waals surface area contributed by atoms with Crippen LogP contribution in [0.3, 0.4) is 0 Å². The topological polar surface area (TPSA) is 49.9 Å². The van der Waals surface area contributed by atoms with Crippen molar-refractivity contribution in [1.29, 1.82) is 5.41 Å². The molecular weight excluding hydrogens is 302 g/mol. The fourth-order valence-electron chi connectivity index (χ4n) is 1.58. The normalized spacial score (nSPS) is 10.6. The first-order valence-electron chi connectivity index (χ1n) is 5.68. The van der Waals surface area contributed by atoms with Gasteiger partial charge >= 0.3 is 0 Å². The van der Waals surface area contributed by atoms with Crippen LogP contribution in [0.1, 0.15) is 11.1 Å². The first kappa shape index (κ1) is 14.8. The van der Waals surface area contributed by atoms with Crippen molar-refractivity contribution in [2.45, 2.75) is 10.6 Å². The number of thioether (sulfide) groups is 1. The van der Waals surface area contributed by atoms with E-state index in [1.54, 1.807) is 18.2 Å². The summed E-state index contributed by atoms with van der Waals surface area (Å²) >= 11 is 7.24. The monoisotopic (exact) mass is 312 g/mol. The van der Waals surface area contributed by atoms with Gasteiger partial charge in [0.15, 0.2) is 0 Å². The summed E-state index contributed by atoms with van der Waals surface area (Å²) in [4.78, 5) is 0.233. The van der Waals surface area contributed by atoms with Gasteiger partial charge in [0.05, 0.1) is 0 Å². The number of nitrogen functional groups attached to an aromatic ring is 1. The average molecular weight is 313 g/mol. The minimum atomic E-state index is -0.480. The SMILES string of the molecule is N=C(N)c1ccc(CSc2cc(F)ccc2F)c(Cl)c1. The van der Waals surface area contributed by atoms with E-state index in [-0.39, 0.29) is 10.7 Å². The highest BCUT2D eigenvalue weighted by Crippen LogP contribution is 2.29. The summed E-state index contributed by atoms with van der Waals surface area (Å²) in [5, 5.41) is 7.76. The lowest BCUT2D eigenvalue weighted by atomic mass is 10.1. The maximum atomic E-state index is 13.5. The molecule has 0 unspecified atom stereocenters. The van der Waals surface area contributed by atoms with Crippen LogP contribution in [0.2, 0.25) is 5.02 Å². The molecule has 3 N–H and O–H groups in total. The van der Waals surface area contributed by atoms with Gasteiger partial charge in [-0.2, -0.15) is 0 Å². The van der Waals surface area contributed by atoms with E-state index in [0.29, 0.717) is 16.3 Å². The van der Waals surface area contributed by atoms with Crippen molar-refractivity contribution in [3.05, 3.63) is 64.2 Å². The Morgan fingerprint density at radius 3 is 2.60 bits per heavy atom. The van der Waals surface area contributed by atoms with Gasteiger partial charge in [0.1, 0.15) is 17.5 Å². The molecule has 0 atom stereocenters. The third-order valence-electron chi connectivity index (χ3n) is 2.64. The number of halogens is 3. The van der Waals surface area contributed by atoms with E-state index in [0.717, 1.165) is 35.5 Å². The lowest BCUT2D eigenvalue weighted by Gasteiger charge is -2.07. The van der Waals surface area contributed by atoms with E-state index < -0.39 is 11.6 Å². The molecule has 0 saturated carbocycles. The van der Waals surface area contributed by atoms with Gasteiger partial charge in [-0.05, 0) is 29.8 Å². The third kappa shape index (κ3) is 3.49. The highest BCUT2D eigenvalue weighted by atomic mass is 35.5. The van der Waals surface area contributed by atoms with E-state index in [9.17, 15) is 8.78 Å². The second-order valence-corrected chi connectivity index (χ2v) is 5.51. The zero-order chi connectivity index (χ0) is 14.7. The smallest absolute Gasteiger partial charge is 0.136 e. The van der Waals surface area contributed by atoms with Crippen LogP contribution in [-0.2, 0) is 5.75 Å². The minimum Gasteiger partial charge on any atom is -0.384 e. The highest BCUT2D eigenvalue weighted by Gasteiger charge is 2.08. The minimum absolute atomic E-state index is 0.0673. The van der Waals surface area contributed by atoms with E-state index >= 15 is 0 Å². The molecule has 0 radical (unpaired) electrons. The highest BCUT2D eigenvalue weighted by molar-refractivity contribution is 7.98. The summed E-state index contributed by atoms with van der Waals surface area (Å²) in [5.41, 5.74) is 6.66. The van der Waals surface area contributed by atoms with E-state index in [2.05, 4.69) is 0 Å². The fourth-order valence-corrected chi connectivity index (χ4v) is 2.87. The Morgan fingerprint density at radius 1 is 1.20 bits per heavy atom. The zero-order valence-electron chi connectivity index (χ0n) is 10.3. The Morgan fingerprint density at radius 2 is 1.95 bits per heavy atom. The molecule has 2 aromatic rings. The van der Waals surface area contributed by atoms with Crippen LogP contribution in [0.5, 0.6) is 0 Å². The molecule has 0 fully saturated rings. The van der Waals surface area contributed by atoms with Crippen LogP contribution in [0, 0.1) is 17.0 Å². The van der Waals surface area contributed by atoms with Gasteiger partial charge in [-0.3, -0.25) is 5.41 Å². The Hall–Kier alpha value is -1.59. The van der Waals surface area contributed by atoms with E-state index in [1.165, 1.54) is 0 Å². The van der Waals surface area contributed by atoms with Gasteiger partial charge < -0.3 is 5.73 Å². The summed E-state index contributed by atoms with van der Waals surface area (Å²) in [6.45, 7) is 0. The zero-order valence-corrected chi connectivity index (χ0v) is 11.9. The van der Waals surface area contributed by atoms with Crippen molar-refractivity contribution in [2.24, 2.45) is 5.73 Å². The molecule has 0 aliphatic rings. The molecular formula is C14H11ClF2N2S. The fraction of sp³-hybridized carbons (Fsp3) is 0.0714. The van der Waals surface area contributed by atoms with Crippen LogP contribution in [0.25, 0.3) is 0 Å². The Labute approximate surface area is 124 Å². The van der Waals surface area contributed by atoms with Crippen molar-refractivity contribution in [2.75, 3.05) is 0 Å². The standard InChI is InChI=1S/C14H11ClF2N2S/c15-11-5-8(14(18)19)1-2-9(11)7-20-13-6-10(16)3-4-12(13)17/h1-6H,7H2,(H3,18,19). The Kier molecular flexibility index (Phi) is 4.62. The quantitative estimate of drug-likeness (QED) is 0.505. The summed E-state index contributed by atoms with van der Waals surface area (Å²) in [7, 11) is 0. The average Bonchev–Trinajstić information content (AvgIpc) is 2.40. The first-order chi connectivity index (χ1) is 9.47. The third-order valence-corrected chi connectivity index (χ3v) is 4.07. The Balaban J connectivity index is 2.15. The maximum Gasteiger partial charge on any atom is 0.136 e. The van der Waals surface area contributed by atoms with Gasteiger partial charge in [-0.1, -0.05) is 23.7 Å². The predicted octanol–water partition coefficient (Wildman–Crippen LogP) is 4.19. The maximum absolute atomic E-state index is 13.5. The molecule has 2 nitrogen and oxygen atoms in total. The van der Waals surface area contributed by atoms with E-state index in [1.807, 2.05) is 0 Å². The number of nitrogens with two attached hydrogens (primary N) is 1. The van der Waals surface area contributed by atoms with Crippen LogP contribution in [0.15, 0.2) is 41.3 Å². The van der Waals surface area contributed by atoms with Gasteiger partial charge in [0.2, 0.25) is 0 Å². The molecule has 0 aliphatic carbocycles. The van der Waals surface area contributed by atoms with Gasteiger partial charge in [0, 0.05) is 21.2 Å². The molecule has 20 heavy (non-hydrogen) atoms. The number of hydrogen-bond donors (Lipinski definition) is 2. The van der Waals surface area contributed by atoms with Crippen molar-refractivity contribution in [3.63, 3.8) is 0 Å². The molecule has 0 aromatic heterocycles. The molecule has 0 bridgehead atoms. The number of nitrogens with one attached hydrogen (secondary N) is 1. The van der Waals surface area contributed by atoms with E-state index in [4.69, 9.17) is 22.7 Å². The predicted molar refractivity (Wildman–Crippen MR) is 78.4 cm³/mol. The number of amidine groups is 1. The summed E-state index contributed by atoms with van der Waals surface area (Å²) in [5.74, 6) is -0.612. The summed E-state index contributed by atoms with van der Waals surface area (Å²) in [6, 6.07) is 8.31. The Bertz CT molecular complexity index is 662. The van der Waals surface area contributed by atoms with Crippen molar-refractivity contribution in [1.82, 2.24) is 0 Å². The summed E-state index contributed by atoms with van der Waals surface area (Å²) < 4.78 is 26.5. The van der Waals surface area contributed by atoms with Crippen molar-refractivity contribution >= 4 is 29.2 Å². The lowest BCUT2D eigenvalue weighted by molar-refractivity contribution is 0.577. The first-order valence-corrected chi connectivity index (χ1v) is 7.04. The number of benzene rings is 2. The van der Waals surface area contributed by atoms with Gasteiger partial charge in [-0.15, -0.1) is 11.8 Å². The van der Waals surface area contributed by atoms with Crippen LogP contribution in [-0.4, -0.2) is 5.84 Å². The van der Waals surface area contributed by atoms with Gasteiger partial charge in [-0.25, -0.2) is 8.78 Å². The van der Waals surface area contributed by atoms with Crippen LogP contribution < -0.4 is 5.73 Å². The van der Waals surface area contributed by atoms with Crippen LogP contribution >= 0.6 is 23.4 Å². The number of rotatable bonds is 4. The molecule has 0 saturated heterocycles. The van der Waals surface area contributed by atoms with Crippen LogP contribution in [0.4, 0.5) is 8.78 Å². The largest absolute Gasteiger partial charge is 0.384 e. The number of hydrogen-bond acceptors (Lipinski definition) is 2. The molecule has 0 heterocycles.